The SMILES string of the molecule is N#Cc1c(C(F)(F)F)cc(-c2ccccc2)n(N=C2CCCC2)c1=O. The number of nitrogens with zero attached hydrogens (tertiary/aromatic N) is 3. The fourth-order valence-electron chi connectivity index (χ4n) is 2.87. The molecule has 2 aromatic rings. The van der Waals surface area contributed by atoms with Crippen molar-refractivity contribution in [3.05, 3.63) is 57.9 Å². The molecule has 1 saturated carbocycles. The van der Waals surface area contributed by atoms with E-state index in [-0.39, 0.29) is 5.69 Å². The molecule has 1 heterocycles. The third-order valence-corrected chi connectivity index (χ3v) is 4.09. The van der Waals surface area contributed by atoms with Gasteiger partial charge in [0.1, 0.15) is 11.6 Å². The second-order valence-electron chi connectivity index (χ2n) is 5.78. The van der Waals surface area contributed by atoms with Gasteiger partial charge in [0.05, 0.1) is 11.3 Å². The van der Waals surface area contributed by atoms with Gasteiger partial charge in [0.25, 0.3) is 5.56 Å². The second kappa shape index (κ2) is 6.55. The predicted octanol–water partition coefficient (Wildman–Crippen LogP) is 4.18. The summed E-state index contributed by atoms with van der Waals surface area (Å²) < 4.78 is 40.9. The molecule has 0 saturated heterocycles. The summed E-state index contributed by atoms with van der Waals surface area (Å²) in [7, 11) is 0. The fraction of sp³-hybridized carbons (Fsp3) is 0.278. The first-order valence-corrected chi connectivity index (χ1v) is 7.81. The van der Waals surface area contributed by atoms with Gasteiger partial charge >= 0.3 is 6.18 Å². The molecule has 0 radical (unpaired) electrons. The van der Waals surface area contributed by atoms with E-state index >= 15 is 0 Å². The van der Waals surface area contributed by atoms with Crippen LogP contribution in [0.1, 0.15) is 36.8 Å². The lowest BCUT2D eigenvalue weighted by Gasteiger charge is -2.15. The Hall–Kier alpha value is -2.88. The van der Waals surface area contributed by atoms with Gasteiger partial charge in [-0.05, 0) is 31.7 Å². The maximum absolute atomic E-state index is 13.3. The highest BCUT2D eigenvalue weighted by Gasteiger charge is 2.36. The average molecular weight is 345 g/mol. The second-order valence-corrected chi connectivity index (χ2v) is 5.78. The first-order valence-electron chi connectivity index (χ1n) is 7.81. The van der Waals surface area contributed by atoms with Crippen LogP contribution in [0, 0.1) is 11.3 Å². The monoisotopic (exact) mass is 345 g/mol. The molecule has 1 aromatic carbocycles. The topological polar surface area (TPSA) is 58.1 Å². The van der Waals surface area contributed by atoms with Gasteiger partial charge in [-0.2, -0.15) is 28.2 Å². The lowest BCUT2D eigenvalue weighted by molar-refractivity contribution is -0.137. The fourth-order valence-corrected chi connectivity index (χ4v) is 2.87. The Morgan fingerprint density at radius 3 is 2.32 bits per heavy atom. The summed E-state index contributed by atoms with van der Waals surface area (Å²) in [5.41, 5.74) is -2.01. The van der Waals surface area contributed by atoms with Crippen LogP contribution >= 0.6 is 0 Å². The molecule has 1 aliphatic carbocycles. The Bertz CT molecular complexity index is 914. The quantitative estimate of drug-likeness (QED) is 0.820. The van der Waals surface area contributed by atoms with Crippen molar-refractivity contribution in [2.45, 2.75) is 31.9 Å². The van der Waals surface area contributed by atoms with Crippen molar-refractivity contribution in [2.75, 3.05) is 0 Å². The number of aromatic nitrogens is 1. The van der Waals surface area contributed by atoms with Crippen molar-refractivity contribution in [3.8, 4) is 17.3 Å². The molecule has 4 nitrogen and oxygen atoms in total. The van der Waals surface area contributed by atoms with Crippen molar-refractivity contribution >= 4 is 5.71 Å². The molecule has 0 aliphatic heterocycles. The van der Waals surface area contributed by atoms with Crippen LogP contribution in [-0.2, 0) is 6.18 Å². The number of halogens is 3. The molecule has 0 spiro atoms. The number of benzene rings is 1. The van der Waals surface area contributed by atoms with Crippen LogP contribution < -0.4 is 5.56 Å². The van der Waals surface area contributed by atoms with E-state index in [1.807, 2.05) is 0 Å². The number of hydrogen-bond donors (Lipinski definition) is 0. The number of nitriles is 1. The minimum absolute atomic E-state index is 0.0244. The summed E-state index contributed by atoms with van der Waals surface area (Å²) in [6, 6.07) is 10.5. The number of alkyl halides is 3. The largest absolute Gasteiger partial charge is 0.417 e. The average Bonchev–Trinajstić information content (AvgIpc) is 3.09. The summed E-state index contributed by atoms with van der Waals surface area (Å²) in [6.07, 6.45) is -1.54. The number of rotatable bonds is 2. The van der Waals surface area contributed by atoms with E-state index in [0.29, 0.717) is 18.4 Å². The normalized spacial score (nSPS) is 14.4. The van der Waals surface area contributed by atoms with E-state index in [2.05, 4.69) is 5.10 Å². The van der Waals surface area contributed by atoms with Crippen LogP contribution in [0.5, 0.6) is 0 Å². The minimum atomic E-state index is -4.80. The van der Waals surface area contributed by atoms with Gasteiger partial charge in [-0.1, -0.05) is 30.3 Å². The highest BCUT2D eigenvalue weighted by molar-refractivity contribution is 5.86. The van der Waals surface area contributed by atoms with Gasteiger partial charge in [-0.3, -0.25) is 4.79 Å². The standard InChI is InChI=1S/C18H14F3N3O/c19-18(20,21)15-10-16(12-6-2-1-3-7-12)24(17(25)14(15)11-22)23-13-8-4-5-9-13/h1-3,6-7,10H,4-5,8-9H2. The van der Waals surface area contributed by atoms with Crippen molar-refractivity contribution in [1.82, 2.24) is 4.68 Å². The molecule has 7 heteroatoms. The van der Waals surface area contributed by atoms with Gasteiger partial charge < -0.3 is 0 Å². The van der Waals surface area contributed by atoms with E-state index in [4.69, 9.17) is 5.26 Å². The van der Waals surface area contributed by atoms with Crippen LogP contribution in [-0.4, -0.2) is 10.4 Å². The van der Waals surface area contributed by atoms with Crippen molar-refractivity contribution < 1.29 is 13.2 Å². The highest BCUT2D eigenvalue weighted by atomic mass is 19.4. The first-order chi connectivity index (χ1) is 11.9. The van der Waals surface area contributed by atoms with E-state index in [1.54, 1.807) is 30.3 Å². The Labute approximate surface area is 141 Å². The van der Waals surface area contributed by atoms with Gasteiger partial charge in [-0.25, -0.2) is 0 Å². The minimum Gasteiger partial charge on any atom is -0.266 e. The lowest BCUT2D eigenvalue weighted by Crippen LogP contribution is -2.26. The summed E-state index contributed by atoms with van der Waals surface area (Å²) in [4.78, 5) is 12.6. The maximum atomic E-state index is 13.3. The molecule has 0 bridgehead atoms. The molecule has 1 fully saturated rings. The lowest BCUT2D eigenvalue weighted by atomic mass is 10.0. The van der Waals surface area contributed by atoms with E-state index in [1.165, 1.54) is 6.07 Å². The summed E-state index contributed by atoms with van der Waals surface area (Å²) in [5, 5.41) is 13.4. The van der Waals surface area contributed by atoms with E-state index in [0.717, 1.165) is 29.3 Å². The van der Waals surface area contributed by atoms with Crippen LogP contribution in [0.25, 0.3) is 11.3 Å². The summed E-state index contributed by atoms with van der Waals surface area (Å²) in [6.45, 7) is 0. The number of pyridine rings is 1. The Balaban J connectivity index is 2.34. The van der Waals surface area contributed by atoms with E-state index < -0.39 is 22.9 Å². The van der Waals surface area contributed by atoms with Crippen molar-refractivity contribution in [3.63, 3.8) is 0 Å². The molecular formula is C18H14F3N3O. The Morgan fingerprint density at radius 2 is 1.76 bits per heavy atom. The third kappa shape index (κ3) is 3.33. The van der Waals surface area contributed by atoms with Gasteiger partial charge in [0, 0.05) is 11.3 Å². The molecule has 3 rings (SSSR count). The van der Waals surface area contributed by atoms with Gasteiger partial charge in [-0.15, -0.1) is 0 Å². The molecule has 0 atom stereocenters. The van der Waals surface area contributed by atoms with E-state index in [9.17, 15) is 18.0 Å². The molecule has 128 valence electrons. The van der Waals surface area contributed by atoms with Crippen LogP contribution in [0.2, 0.25) is 0 Å². The molecule has 0 amide bonds. The summed E-state index contributed by atoms with van der Waals surface area (Å²) in [5.74, 6) is 0. The first kappa shape index (κ1) is 17.0. The molecule has 0 N–H and O–H groups in total. The van der Waals surface area contributed by atoms with Crippen LogP contribution in [0.15, 0.2) is 46.3 Å². The number of hydrogen-bond acceptors (Lipinski definition) is 3. The molecule has 25 heavy (non-hydrogen) atoms. The van der Waals surface area contributed by atoms with Crippen molar-refractivity contribution in [1.29, 1.82) is 5.26 Å². The predicted molar refractivity (Wildman–Crippen MR) is 87.2 cm³/mol. The highest BCUT2D eigenvalue weighted by Crippen LogP contribution is 2.33. The van der Waals surface area contributed by atoms with Crippen LogP contribution in [0.3, 0.4) is 0 Å². The van der Waals surface area contributed by atoms with Gasteiger partial charge in [0.15, 0.2) is 0 Å². The molecule has 1 aliphatic rings. The zero-order chi connectivity index (χ0) is 18.0. The van der Waals surface area contributed by atoms with Crippen molar-refractivity contribution in [2.24, 2.45) is 5.10 Å². The molecule has 0 unspecified atom stereocenters. The zero-order valence-electron chi connectivity index (χ0n) is 13.2. The van der Waals surface area contributed by atoms with Gasteiger partial charge in [0.2, 0.25) is 0 Å². The molecular weight excluding hydrogens is 331 g/mol. The Kier molecular flexibility index (Phi) is 4.45. The smallest absolute Gasteiger partial charge is 0.266 e. The maximum Gasteiger partial charge on any atom is 0.417 e. The zero-order valence-corrected chi connectivity index (χ0v) is 13.2. The Morgan fingerprint density at radius 1 is 1.12 bits per heavy atom. The van der Waals surface area contributed by atoms with Crippen LogP contribution in [0.4, 0.5) is 13.2 Å². The summed E-state index contributed by atoms with van der Waals surface area (Å²) >= 11 is 0. The molecule has 1 aromatic heterocycles. The third-order valence-electron chi connectivity index (χ3n) is 4.09.